The molecule has 3 unspecified atom stereocenters. The van der Waals surface area contributed by atoms with Crippen LogP contribution >= 0.6 is 0 Å². The molecule has 0 spiro atoms. The Morgan fingerprint density at radius 3 is 2.15 bits per heavy atom. The maximum absolute atomic E-state index is 12.8. The van der Waals surface area contributed by atoms with Crippen LogP contribution in [0.4, 0.5) is 24.5 Å². The Kier molecular flexibility index (Phi) is 8.79. The first-order valence-electron chi connectivity index (χ1n) is 10.8. The number of nitrogens with zero attached hydrogens (tertiary/aromatic N) is 3. The van der Waals surface area contributed by atoms with Crippen molar-refractivity contribution in [2.24, 2.45) is 0 Å². The predicted octanol–water partition coefficient (Wildman–Crippen LogP) is 0.929. The van der Waals surface area contributed by atoms with Crippen molar-refractivity contribution in [3.8, 4) is 0 Å². The Morgan fingerprint density at radius 2 is 1.60 bits per heavy atom. The SMILES string of the molecule is CC(=O)OC1OC(COS(=O)(=O)C(F)(F)F)[C@H](OC(C)=O)[C@@H](OC(C)=O)C1Nc1ccc([N+](=O)[O-])c2nonc12. The monoisotopic (exact) mass is 600 g/mol. The van der Waals surface area contributed by atoms with Gasteiger partial charge in [-0.3, -0.25) is 28.7 Å². The fraction of sp³-hybridized carbons (Fsp3) is 0.526. The van der Waals surface area contributed by atoms with Crippen LogP contribution in [0.5, 0.6) is 0 Å². The normalized spacial score (nSPS) is 23.3. The molecule has 1 fully saturated rings. The number of esters is 3. The highest BCUT2D eigenvalue weighted by molar-refractivity contribution is 7.87. The van der Waals surface area contributed by atoms with Crippen LogP contribution in [0, 0.1) is 10.1 Å². The highest BCUT2D eigenvalue weighted by Crippen LogP contribution is 2.34. The standard InChI is InChI=1S/C19H19F3N4O13S/c1-7(27)35-16-12(6-34-40(32,33)19(20,21)22)38-18(37-9(3)29)15(17(16)36-8(2)28)23-10-4-5-11(26(30)31)14-13(10)24-39-25-14/h4-5,12,15-18,23H,6H2,1-3H3/t12?,15?,16-,17-,18?/m0/s1. The summed E-state index contributed by atoms with van der Waals surface area (Å²) in [6.07, 6.45) is -7.34. The third-order valence-electron chi connectivity index (χ3n) is 5.12. The summed E-state index contributed by atoms with van der Waals surface area (Å²) >= 11 is 0. The highest BCUT2D eigenvalue weighted by atomic mass is 32.2. The maximum Gasteiger partial charge on any atom is 0.523 e. The number of halogens is 3. The third-order valence-corrected chi connectivity index (χ3v) is 6.13. The topological polar surface area (TPSA) is 226 Å². The second-order valence-corrected chi connectivity index (χ2v) is 9.61. The number of nitro groups is 1. The lowest BCUT2D eigenvalue weighted by molar-refractivity contribution is -0.383. The summed E-state index contributed by atoms with van der Waals surface area (Å²) in [6.45, 7) is 1.31. The minimum Gasteiger partial charge on any atom is -0.456 e. The fourth-order valence-electron chi connectivity index (χ4n) is 3.64. The summed E-state index contributed by atoms with van der Waals surface area (Å²) in [6, 6.07) is 0.586. The van der Waals surface area contributed by atoms with Gasteiger partial charge in [-0.05, 0) is 16.4 Å². The number of aromatic nitrogens is 2. The van der Waals surface area contributed by atoms with Crippen LogP contribution in [0.2, 0.25) is 0 Å². The molecule has 0 saturated carbocycles. The Balaban J connectivity index is 2.08. The van der Waals surface area contributed by atoms with Crippen LogP contribution < -0.4 is 5.32 Å². The van der Waals surface area contributed by atoms with Gasteiger partial charge in [0.1, 0.15) is 12.1 Å². The zero-order valence-corrected chi connectivity index (χ0v) is 21.3. The fourth-order valence-corrected chi connectivity index (χ4v) is 4.09. The van der Waals surface area contributed by atoms with Crippen LogP contribution in [0.1, 0.15) is 20.8 Å². The first-order chi connectivity index (χ1) is 18.5. The van der Waals surface area contributed by atoms with E-state index in [0.717, 1.165) is 32.9 Å². The number of hydrogen-bond acceptors (Lipinski definition) is 16. The zero-order valence-electron chi connectivity index (χ0n) is 20.4. The number of alkyl halides is 3. The molecule has 0 bridgehead atoms. The second-order valence-electron chi connectivity index (χ2n) is 8.01. The minimum absolute atomic E-state index is 0.0827. The van der Waals surface area contributed by atoms with Gasteiger partial charge in [-0.2, -0.15) is 21.6 Å². The van der Waals surface area contributed by atoms with Crippen molar-refractivity contribution in [3.05, 3.63) is 22.2 Å². The number of nitro benzene ring substituents is 1. The first-order valence-corrected chi connectivity index (χ1v) is 12.2. The molecule has 2 heterocycles. The van der Waals surface area contributed by atoms with Crippen LogP contribution in [0.15, 0.2) is 16.8 Å². The molecule has 40 heavy (non-hydrogen) atoms. The Labute approximate surface area is 221 Å². The number of benzene rings is 1. The van der Waals surface area contributed by atoms with Gasteiger partial charge in [-0.1, -0.05) is 0 Å². The molecule has 5 atom stereocenters. The molecule has 1 aromatic heterocycles. The lowest BCUT2D eigenvalue weighted by atomic mass is 9.95. The number of carbonyl (C=O) groups excluding carboxylic acids is 3. The van der Waals surface area contributed by atoms with Crippen molar-refractivity contribution in [2.45, 2.75) is 56.9 Å². The summed E-state index contributed by atoms with van der Waals surface area (Å²) in [5.74, 6) is -3.08. The van der Waals surface area contributed by atoms with Crippen LogP contribution in [-0.4, -0.2) is 84.3 Å². The first kappa shape index (κ1) is 30.4. The Hall–Kier alpha value is -4.11. The molecule has 0 aliphatic carbocycles. The average molecular weight is 600 g/mol. The van der Waals surface area contributed by atoms with Gasteiger partial charge < -0.3 is 24.3 Å². The molecule has 220 valence electrons. The van der Waals surface area contributed by atoms with E-state index in [0.29, 0.717) is 0 Å². The highest BCUT2D eigenvalue weighted by Gasteiger charge is 2.54. The minimum atomic E-state index is -6.15. The van der Waals surface area contributed by atoms with Gasteiger partial charge >= 0.3 is 39.2 Å². The molecule has 1 aliphatic heterocycles. The number of carbonyl (C=O) groups is 3. The average Bonchev–Trinajstić information content (AvgIpc) is 3.30. The van der Waals surface area contributed by atoms with E-state index in [1.54, 1.807) is 0 Å². The molecule has 17 nitrogen and oxygen atoms in total. The summed E-state index contributed by atoms with van der Waals surface area (Å²) in [4.78, 5) is 46.2. The van der Waals surface area contributed by atoms with Crippen molar-refractivity contribution in [1.29, 1.82) is 0 Å². The maximum atomic E-state index is 12.8. The molecule has 1 N–H and O–H groups in total. The Bertz CT molecular complexity index is 1410. The number of anilines is 1. The van der Waals surface area contributed by atoms with E-state index < -0.39 is 81.4 Å². The van der Waals surface area contributed by atoms with Crippen LogP contribution in [-0.2, 0) is 47.6 Å². The smallest absolute Gasteiger partial charge is 0.456 e. The molecule has 1 aliphatic rings. The van der Waals surface area contributed by atoms with Gasteiger partial charge in [0.2, 0.25) is 11.8 Å². The molecule has 2 aromatic rings. The number of hydrogen-bond donors (Lipinski definition) is 1. The second kappa shape index (κ2) is 11.6. The van der Waals surface area contributed by atoms with Gasteiger partial charge in [0.25, 0.3) is 0 Å². The quantitative estimate of drug-likeness (QED) is 0.105. The van der Waals surface area contributed by atoms with E-state index in [9.17, 15) is 46.1 Å². The van der Waals surface area contributed by atoms with Crippen LogP contribution in [0.25, 0.3) is 11.0 Å². The summed E-state index contributed by atoms with van der Waals surface area (Å²) in [5, 5.41) is 21.0. The lowest BCUT2D eigenvalue weighted by Gasteiger charge is -2.44. The number of non-ortho nitro benzene ring substituents is 1. The van der Waals surface area contributed by atoms with E-state index in [2.05, 4.69) is 24.4 Å². The molecular weight excluding hydrogens is 581 g/mol. The number of nitrogens with one attached hydrogen (secondary N) is 1. The van der Waals surface area contributed by atoms with Gasteiger partial charge in [0.05, 0.1) is 17.2 Å². The summed E-state index contributed by atoms with van der Waals surface area (Å²) in [7, 11) is -6.15. The summed E-state index contributed by atoms with van der Waals surface area (Å²) < 4.78 is 90.9. The van der Waals surface area contributed by atoms with Crippen molar-refractivity contribution in [3.63, 3.8) is 0 Å². The van der Waals surface area contributed by atoms with E-state index in [-0.39, 0.29) is 16.7 Å². The number of fused-ring (bicyclic) bond motifs is 1. The lowest BCUT2D eigenvalue weighted by Crippen LogP contribution is -2.64. The number of rotatable bonds is 9. The van der Waals surface area contributed by atoms with Gasteiger partial charge in [-0.25, -0.2) is 4.63 Å². The van der Waals surface area contributed by atoms with E-state index >= 15 is 0 Å². The molecule has 21 heteroatoms. The largest absolute Gasteiger partial charge is 0.523 e. The van der Waals surface area contributed by atoms with Crippen molar-refractivity contribution in [1.82, 2.24) is 10.3 Å². The molecule has 3 rings (SSSR count). The molecule has 0 amide bonds. The molecule has 1 aromatic carbocycles. The van der Waals surface area contributed by atoms with Crippen molar-refractivity contribution >= 4 is 50.4 Å². The van der Waals surface area contributed by atoms with E-state index in [1.807, 2.05) is 0 Å². The zero-order chi connectivity index (χ0) is 30.0. The Morgan fingerprint density at radius 1 is 1.02 bits per heavy atom. The van der Waals surface area contributed by atoms with Crippen molar-refractivity contribution < 1.29 is 68.7 Å². The number of ether oxygens (including phenoxy) is 4. The molecule has 1 saturated heterocycles. The molecular formula is C19H19F3N4O13S. The van der Waals surface area contributed by atoms with Gasteiger partial charge in [0, 0.05) is 26.8 Å². The van der Waals surface area contributed by atoms with Gasteiger partial charge in [0.15, 0.2) is 17.7 Å². The molecule has 0 radical (unpaired) electrons. The predicted molar refractivity (Wildman–Crippen MR) is 118 cm³/mol. The van der Waals surface area contributed by atoms with E-state index in [1.165, 1.54) is 0 Å². The van der Waals surface area contributed by atoms with Crippen molar-refractivity contribution in [2.75, 3.05) is 11.9 Å². The summed E-state index contributed by atoms with van der Waals surface area (Å²) in [5.41, 5.74) is -6.94. The van der Waals surface area contributed by atoms with E-state index in [4.69, 9.17) is 18.9 Å². The van der Waals surface area contributed by atoms with Gasteiger partial charge in [-0.15, -0.1) is 0 Å². The third kappa shape index (κ3) is 6.71. The van der Waals surface area contributed by atoms with Crippen LogP contribution in [0.3, 0.4) is 0 Å².